The average molecular weight is 276 g/mol. The van der Waals surface area contributed by atoms with Crippen molar-refractivity contribution in [1.82, 2.24) is 10.4 Å². The fourth-order valence-electron chi connectivity index (χ4n) is 1.38. The summed E-state index contributed by atoms with van der Waals surface area (Å²) in [4.78, 5) is 14.5. The number of nitro groups is 1. The van der Waals surface area contributed by atoms with Crippen molar-refractivity contribution in [3.8, 4) is 11.3 Å². The van der Waals surface area contributed by atoms with E-state index in [1.54, 1.807) is 12.1 Å². The lowest BCUT2D eigenvalue weighted by Gasteiger charge is -2.04. The number of nitro benzene ring substituents is 1. The third-order valence-corrected chi connectivity index (χ3v) is 3.02. The number of nitrogens with one attached hydrogen (secondary N) is 2. The van der Waals surface area contributed by atoms with Crippen LogP contribution in [0.15, 0.2) is 41.9 Å². The highest BCUT2D eigenvalue weighted by Crippen LogP contribution is 2.26. The number of thiazole rings is 1. The largest absolute Gasteiger partial charge is 0.304 e. The minimum absolute atomic E-state index is 0.0706. The molecule has 2 aromatic rings. The summed E-state index contributed by atoms with van der Waals surface area (Å²) in [6.45, 7) is 5.53. The summed E-state index contributed by atoms with van der Waals surface area (Å²) in [7, 11) is 0. The maximum Gasteiger partial charge on any atom is 0.269 e. The van der Waals surface area contributed by atoms with Crippen LogP contribution >= 0.6 is 11.3 Å². The number of nitrogens with zero attached hydrogens (tertiary/aromatic N) is 2. The van der Waals surface area contributed by atoms with Gasteiger partial charge in [-0.2, -0.15) is 0 Å². The number of non-ortho nitro benzene ring substituents is 1. The lowest BCUT2D eigenvalue weighted by molar-refractivity contribution is -0.384. The molecule has 0 aliphatic heterocycles. The zero-order chi connectivity index (χ0) is 13.8. The third kappa shape index (κ3) is 3.29. The maximum atomic E-state index is 10.6. The molecule has 98 valence electrons. The molecule has 0 spiro atoms. The van der Waals surface area contributed by atoms with Crippen molar-refractivity contribution >= 4 is 22.2 Å². The van der Waals surface area contributed by atoms with Gasteiger partial charge in [-0.3, -0.25) is 15.5 Å². The van der Waals surface area contributed by atoms with Gasteiger partial charge in [-0.05, 0) is 19.1 Å². The summed E-state index contributed by atoms with van der Waals surface area (Å²) >= 11 is 1.44. The predicted octanol–water partition coefficient (Wildman–Crippen LogP) is 3.17. The fraction of sp³-hybridized carbons (Fsp3) is 0.0833. The highest BCUT2D eigenvalue weighted by Gasteiger charge is 2.07. The van der Waals surface area contributed by atoms with E-state index < -0.39 is 4.92 Å². The molecule has 0 atom stereocenters. The van der Waals surface area contributed by atoms with Crippen molar-refractivity contribution in [3.05, 3.63) is 52.0 Å². The van der Waals surface area contributed by atoms with Gasteiger partial charge in [-0.1, -0.05) is 6.58 Å². The lowest BCUT2D eigenvalue weighted by atomic mass is 10.1. The van der Waals surface area contributed by atoms with E-state index in [4.69, 9.17) is 0 Å². The number of aromatic nitrogens is 1. The second kappa shape index (κ2) is 5.49. The van der Waals surface area contributed by atoms with Crippen LogP contribution in [0.1, 0.15) is 6.92 Å². The monoisotopic (exact) mass is 276 g/mol. The van der Waals surface area contributed by atoms with Crippen LogP contribution in [0, 0.1) is 10.1 Å². The Labute approximate surface area is 113 Å². The first-order valence-electron chi connectivity index (χ1n) is 5.44. The Morgan fingerprint density at radius 3 is 2.68 bits per heavy atom. The molecule has 2 rings (SSSR count). The Hall–Kier alpha value is -2.41. The Bertz CT molecular complexity index is 606. The molecule has 0 fully saturated rings. The number of hydrogen-bond donors (Lipinski definition) is 2. The zero-order valence-electron chi connectivity index (χ0n) is 10.2. The third-order valence-electron chi connectivity index (χ3n) is 2.26. The van der Waals surface area contributed by atoms with Crippen molar-refractivity contribution in [2.75, 3.05) is 5.43 Å². The SMILES string of the molecule is C=C(C)NNc1nc(-c2ccc([N+](=O)[O-])cc2)cs1. The van der Waals surface area contributed by atoms with Crippen LogP contribution in [0.5, 0.6) is 0 Å². The van der Waals surface area contributed by atoms with E-state index in [0.717, 1.165) is 17.0 Å². The number of hydrogen-bond acceptors (Lipinski definition) is 6. The average Bonchev–Trinajstić information content (AvgIpc) is 2.85. The summed E-state index contributed by atoms with van der Waals surface area (Å²) in [6.07, 6.45) is 0. The molecule has 0 bridgehead atoms. The van der Waals surface area contributed by atoms with Gasteiger partial charge in [0.2, 0.25) is 5.13 Å². The molecule has 19 heavy (non-hydrogen) atoms. The lowest BCUT2D eigenvalue weighted by Crippen LogP contribution is -2.18. The number of allylic oxidation sites excluding steroid dienone is 1. The van der Waals surface area contributed by atoms with E-state index in [1.807, 2.05) is 12.3 Å². The molecule has 0 amide bonds. The van der Waals surface area contributed by atoms with Crippen molar-refractivity contribution < 1.29 is 4.92 Å². The van der Waals surface area contributed by atoms with Gasteiger partial charge in [0.25, 0.3) is 5.69 Å². The maximum absolute atomic E-state index is 10.6. The molecule has 0 aliphatic carbocycles. The minimum atomic E-state index is -0.422. The van der Waals surface area contributed by atoms with Gasteiger partial charge >= 0.3 is 0 Å². The molecule has 1 aromatic carbocycles. The summed E-state index contributed by atoms with van der Waals surface area (Å²) < 4.78 is 0. The van der Waals surface area contributed by atoms with Crippen LogP contribution in [0.25, 0.3) is 11.3 Å². The first-order valence-corrected chi connectivity index (χ1v) is 6.32. The smallest absolute Gasteiger partial charge is 0.269 e. The number of hydrazine groups is 1. The van der Waals surface area contributed by atoms with Gasteiger partial charge in [-0.15, -0.1) is 11.3 Å². The summed E-state index contributed by atoms with van der Waals surface area (Å²) in [5, 5.41) is 13.2. The molecule has 0 saturated heterocycles. The molecule has 6 nitrogen and oxygen atoms in total. The van der Waals surface area contributed by atoms with Gasteiger partial charge < -0.3 is 5.43 Å². The van der Waals surface area contributed by atoms with Crippen LogP contribution in [-0.2, 0) is 0 Å². The first kappa shape index (κ1) is 13.0. The topological polar surface area (TPSA) is 80.1 Å². The Morgan fingerprint density at radius 1 is 1.42 bits per heavy atom. The number of rotatable bonds is 5. The first-order chi connectivity index (χ1) is 9.06. The highest BCUT2D eigenvalue weighted by atomic mass is 32.1. The summed E-state index contributed by atoms with van der Waals surface area (Å²) in [5.74, 6) is 0. The molecule has 7 heteroatoms. The van der Waals surface area contributed by atoms with Gasteiger partial charge in [0, 0.05) is 28.8 Å². The molecular weight excluding hydrogens is 264 g/mol. The Balaban J connectivity index is 2.13. The number of benzene rings is 1. The van der Waals surface area contributed by atoms with Crippen LogP contribution in [-0.4, -0.2) is 9.91 Å². The van der Waals surface area contributed by atoms with E-state index in [9.17, 15) is 10.1 Å². The van der Waals surface area contributed by atoms with Crippen molar-refractivity contribution in [2.24, 2.45) is 0 Å². The van der Waals surface area contributed by atoms with Gasteiger partial charge in [-0.25, -0.2) is 4.98 Å². The van der Waals surface area contributed by atoms with E-state index >= 15 is 0 Å². The molecule has 2 N–H and O–H groups in total. The standard InChI is InChI=1S/C12H12N4O2S/c1-8(2)14-15-12-13-11(7-19-12)9-3-5-10(6-4-9)16(17)18/h3-7,14H,1H2,2H3,(H,13,15). The van der Waals surface area contributed by atoms with Gasteiger partial charge in [0.05, 0.1) is 10.6 Å². The second-order valence-electron chi connectivity index (χ2n) is 3.87. The quantitative estimate of drug-likeness (QED) is 0.647. The van der Waals surface area contributed by atoms with Crippen LogP contribution < -0.4 is 10.9 Å². The molecule has 0 aliphatic rings. The zero-order valence-corrected chi connectivity index (χ0v) is 11.0. The number of anilines is 1. The van der Waals surface area contributed by atoms with Crippen LogP contribution in [0.4, 0.5) is 10.8 Å². The molecule has 1 aromatic heterocycles. The summed E-state index contributed by atoms with van der Waals surface area (Å²) in [6, 6.07) is 6.30. The normalized spacial score (nSPS) is 9.95. The van der Waals surface area contributed by atoms with E-state index in [2.05, 4.69) is 22.4 Å². The van der Waals surface area contributed by atoms with Crippen molar-refractivity contribution in [3.63, 3.8) is 0 Å². The molecular formula is C12H12N4O2S. The van der Waals surface area contributed by atoms with E-state index in [1.165, 1.54) is 23.5 Å². The molecule has 0 unspecified atom stereocenters. The van der Waals surface area contributed by atoms with Gasteiger partial charge in [0.15, 0.2) is 0 Å². The highest BCUT2D eigenvalue weighted by molar-refractivity contribution is 7.14. The second-order valence-corrected chi connectivity index (χ2v) is 4.73. The van der Waals surface area contributed by atoms with Crippen molar-refractivity contribution in [2.45, 2.75) is 6.92 Å². The Morgan fingerprint density at radius 2 is 2.11 bits per heavy atom. The van der Waals surface area contributed by atoms with Gasteiger partial charge in [0.1, 0.15) is 0 Å². The molecule has 0 saturated carbocycles. The summed E-state index contributed by atoms with van der Waals surface area (Å²) in [5.41, 5.74) is 8.24. The van der Waals surface area contributed by atoms with Crippen molar-refractivity contribution in [1.29, 1.82) is 0 Å². The Kier molecular flexibility index (Phi) is 3.76. The van der Waals surface area contributed by atoms with E-state index in [0.29, 0.717) is 5.13 Å². The van der Waals surface area contributed by atoms with Crippen LogP contribution in [0.2, 0.25) is 0 Å². The predicted molar refractivity (Wildman–Crippen MR) is 75.8 cm³/mol. The minimum Gasteiger partial charge on any atom is -0.304 e. The molecule has 1 heterocycles. The van der Waals surface area contributed by atoms with E-state index in [-0.39, 0.29) is 5.69 Å². The fourth-order valence-corrected chi connectivity index (χ4v) is 2.05. The van der Waals surface area contributed by atoms with Crippen LogP contribution in [0.3, 0.4) is 0 Å². The molecule has 0 radical (unpaired) electrons.